The Balaban J connectivity index is 1.46. The maximum atomic E-state index is 12.4. The molecule has 2 N–H and O–H groups in total. The van der Waals surface area contributed by atoms with Crippen LogP contribution in [-0.2, 0) is 17.8 Å². The Kier molecular flexibility index (Phi) is 6.89. The van der Waals surface area contributed by atoms with Gasteiger partial charge >= 0.3 is 0 Å². The number of allylic oxidation sites excluding steroid dienone is 2. The van der Waals surface area contributed by atoms with Gasteiger partial charge in [-0.25, -0.2) is 4.99 Å². The monoisotopic (exact) mass is 439 g/mol. The molecule has 8 heteroatoms. The normalized spacial score (nSPS) is 22.4. The van der Waals surface area contributed by atoms with Crippen LogP contribution < -0.4 is 5.32 Å². The third kappa shape index (κ3) is 5.01. The number of amides is 1. The number of hydrogen-bond donors (Lipinski definition) is 2. The molecule has 0 spiro atoms. The van der Waals surface area contributed by atoms with Crippen LogP contribution in [0.3, 0.4) is 0 Å². The Morgan fingerprint density at radius 2 is 2.22 bits per heavy atom. The lowest BCUT2D eigenvalue weighted by Crippen LogP contribution is -2.37. The fourth-order valence-electron chi connectivity index (χ4n) is 4.28. The van der Waals surface area contributed by atoms with E-state index >= 15 is 0 Å². The zero-order valence-corrected chi connectivity index (χ0v) is 19.2. The minimum Gasteiger partial charge on any atom is -0.459 e. The molecule has 0 fully saturated rings. The van der Waals surface area contributed by atoms with E-state index in [4.69, 9.17) is 14.5 Å². The van der Waals surface area contributed by atoms with Crippen molar-refractivity contribution in [3.05, 3.63) is 34.9 Å². The van der Waals surface area contributed by atoms with Gasteiger partial charge in [-0.3, -0.25) is 14.8 Å². The number of aliphatic hydroxyl groups is 1. The predicted molar refractivity (Wildman–Crippen MR) is 125 cm³/mol. The number of rotatable bonds is 5. The summed E-state index contributed by atoms with van der Waals surface area (Å²) >= 11 is 0. The molecule has 172 valence electrons. The van der Waals surface area contributed by atoms with Crippen LogP contribution in [0.25, 0.3) is 0 Å². The second-order valence-corrected chi connectivity index (χ2v) is 9.02. The molecule has 0 saturated carbocycles. The maximum absolute atomic E-state index is 12.4. The molecule has 3 heterocycles. The third-order valence-electron chi connectivity index (χ3n) is 6.11. The van der Waals surface area contributed by atoms with Crippen molar-refractivity contribution in [2.24, 2.45) is 26.8 Å². The number of furan rings is 1. The summed E-state index contributed by atoms with van der Waals surface area (Å²) in [6.45, 7) is 8.51. The third-order valence-corrected chi connectivity index (χ3v) is 6.11. The largest absolute Gasteiger partial charge is 0.459 e. The minimum absolute atomic E-state index is 0.00151. The highest BCUT2D eigenvalue weighted by molar-refractivity contribution is 6.08. The summed E-state index contributed by atoms with van der Waals surface area (Å²) in [5.41, 5.74) is 4.21. The molecule has 0 aromatic carbocycles. The van der Waals surface area contributed by atoms with E-state index < -0.39 is 0 Å². The topological polar surface area (TPSA) is 103 Å². The van der Waals surface area contributed by atoms with E-state index in [1.807, 2.05) is 18.7 Å². The molecule has 0 radical (unpaired) electrons. The fraction of sp³-hybridized carbons (Fsp3) is 0.583. The molecular formula is C24H33N5O3. The second kappa shape index (κ2) is 9.81. The Bertz CT molecular complexity index is 986. The Hall–Kier alpha value is -2.74. The molecule has 8 nitrogen and oxygen atoms in total. The number of guanidine groups is 1. The van der Waals surface area contributed by atoms with Crippen molar-refractivity contribution in [1.82, 2.24) is 10.2 Å². The van der Waals surface area contributed by atoms with Gasteiger partial charge in [0.1, 0.15) is 11.5 Å². The van der Waals surface area contributed by atoms with Crippen LogP contribution in [0.4, 0.5) is 0 Å². The molecule has 1 aromatic rings. The standard InChI is InChI=1S/C24H33N5O3/c1-15(2)23(31)29-10-8-20-17(14-29)12-21(32-20)22-16(3)13-26-24(28-22)27-19-6-4-18(5-7-19)25-9-11-30/h6,12,15-16,30H,4-5,7-11,13-14H2,1-3H3,(H,26,27). The van der Waals surface area contributed by atoms with E-state index in [0.29, 0.717) is 32.1 Å². The van der Waals surface area contributed by atoms with Crippen molar-refractivity contribution < 1.29 is 14.3 Å². The lowest BCUT2D eigenvalue weighted by atomic mass is 10.0. The molecule has 0 saturated heterocycles. The van der Waals surface area contributed by atoms with Crippen molar-refractivity contribution in [2.75, 3.05) is 26.2 Å². The van der Waals surface area contributed by atoms with Gasteiger partial charge in [0.15, 0.2) is 0 Å². The molecule has 3 aliphatic rings. The number of nitrogens with zero attached hydrogens (tertiary/aromatic N) is 4. The van der Waals surface area contributed by atoms with Gasteiger partial charge in [-0.05, 0) is 18.9 Å². The highest BCUT2D eigenvalue weighted by Crippen LogP contribution is 2.27. The number of carbonyl (C=O) groups excluding carboxylic acids is 1. The second-order valence-electron chi connectivity index (χ2n) is 9.02. The average Bonchev–Trinajstić information content (AvgIpc) is 3.22. The summed E-state index contributed by atoms with van der Waals surface area (Å²) < 4.78 is 6.19. The number of aliphatic imine (C=N–C) groups is 3. The average molecular weight is 440 g/mol. The van der Waals surface area contributed by atoms with Crippen LogP contribution in [0.1, 0.15) is 57.1 Å². The van der Waals surface area contributed by atoms with Crippen molar-refractivity contribution >= 4 is 23.3 Å². The lowest BCUT2D eigenvalue weighted by Gasteiger charge is -2.27. The molecule has 32 heavy (non-hydrogen) atoms. The van der Waals surface area contributed by atoms with Gasteiger partial charge in [-0.2, -0.15) is 0 Å². The molecule has 1 amide bonds. The van der Waals surface area contributed by atoms with Gasteiger partial charge < -0.3 is 19.7 Å². The number of aliphatic hydroxyl groups excluding tert-OH is 1. The Labute approximate surface area is 189 Å². The highest BCUT2D eigenvalue weighted by atomic mass is 16.3. The van der Waals surface area contributed by atoms with E-state index in [1.54, 1.807) is 0 Å². The zero-order valence-electron chi connectivity index (χ0n) is 19.2. The van der Waals surface area contributed by atoms with Crippen LogP contribution in [0, 0.1) is 11.8 Å². The summed E-state index contributed by atoms with van der Waals surface area (Å²) in [6.07, 6.45) is 5.40. The van der Waals surface area contributed by atoms with Crippen LogP contribution in [0.15, 0.2) is 37.2 Å². The number of nitrogens with one attached hydrogen (secondary N) is 1. The summed E-state index contributed by atoms with van der Waals surface area (Å²) in [5, 5.41) is 12.3. The van der Waals surface area contributed by atoms with Crippen LogP contribution >= 0.6 is 0 Å². The van der Waals surface area contributed by atoms with Crippen molar-refractivity contribution in [3.63, 3.8) is 0 Å². The van der Waals surface area contributed by atoms with Crippen molar-refractivity contribution in [3.8, 4) is 0 Å². The summed E-state index contributed by atoms with van der Waals surface area (Å²) in [6, 6.07) is 2.05. The molecule has 2 aliphatic heterocycles. The molecule has 4 rings (SSSR count). The molecule has 0 bridgehead atoms. The number of hydrogen-bond acceptors (Lipinski definition) is 7. The van der Waals surface area contributed by atoms with E-state index in [-0.39, 0.29) is 24.3 Å². The van der Waals surface area contributed by atoms with E-state index in [2.05, 4.69) is 34.4 Å². The van der Waals surface area contributed by atoms with Gasteiger partial charge in [0.25, 0.3) is 0 Å². The molecule has 1 aliphatic carbocycles. The van der Waals surface area contributed by atoms with Gasteiger partial charge in [-0.15, -0.1) is 0 Å². The first-order valence-electron chi connectivity index (χ1n) is 11.6. The lowest BCUT2D eigenvalue weighted by molar-refractivity contribution is -0.135. The van der Waals surface area contributed by atoms with Crippen molar-refractivity contribution in [1.29, 1.82) is 0 Å². The quantitative estimate of drug-likeness (QED) is 0.736. The van der Waals surface area contributed by atoms with E-state index in [9.17, 15) is 4.79 Å². The number of carbonyl (C=O) groups is 1. The number of fused-ring (bicyclic) bond motifs is 1. The van der Waals surface area contributed by atoms with Gasteiger partial charge in [0, 0.05) is 54.7 Å². The first kappa shape index (κ1) is 22.5. The summed E-state index contributed by atoms with van der Waals surface area (Å²) in [7, 11) is 0. The van der Waals surface area contributed by atoms with Crippen LogP contribution in [0.5, 0.6) is 0 Å². The van der Waals surface area contributed by atoms with Crippen molar-refractivity contribution in [2.45, 2.75) is 53.0 Å². The maximum Gasteiger partial charge on any atom is 0.225 e. The Morgan fingerprint density at radius 1 is 1.38 bits per heavy atom. The SMILES string of the molecule is CC(C)C(=O)N1CCc2oc(C3=NC(NC4=CCC(=NCCO)CC4)=NCC3C)cc2C1. The van der Waals surface area contributed by atoms with Gasteiger partial charge in [-0.1, -0.05) is 26.8 Å². The molecular weight excluding hydrogens is 406 g/mol. The van der Waals surface area contributed by atoms with Gasteiger partial charge in [0.2, 0.25) is 11.9 Å². The first-order chi connectivity index (χ1) is 15.4. The minimum atomic E-state index is 0.00151. The predicted octanol–water partition coefficient (Wildman–Crippen LogP) is 2.71. The highest BCUT2D eigenvalue weighted by Gasteiger charge is 2.28. The molecule has 1 aromatic heterocycles. The van der Waals surface area contributed by atoms with E-state index in [0.717, 1.165) is 59.9 Å². The first-order valence-corrected chi connectivity index (χ1v) is 11.6. The Morgan fingerprint density at radius 3 is 2.94 bits per heavy atom. The van der Waals surface area contributed by atoms with Gasteiger partial charge in [0.05, 0.1) is 25.4 Å². The smallest absolute Gasteiger partial charge is 0.225 e. The molecule has 1 atom stereocenters. The van der Waals surface area contributed by atoms with E-state index in [1.165, 1.54) is 0 Å². The van der Waals surface area contributed by atoms with Crippen LogP contribution in [0.2, 0.25) is 0 Å². The fourth-order valence-corrected chi connectivity index (χ4v) is 4.28. The molecule has 1 unspecified atom stereocenters. The van der Waals surface area contributed by atoms with Crippen LogP contribution in [-0.4, -0.2) is 59.5 Å². The summed E-state index contributed by atoms with van der Waals surface area (Å²) in [5.74, 6) is 2.72. The summed E-state index contributed by atoms with van der Waals surface area (Å²) in [4.78, 5) is 28.1. The zero-order chi connectivity index (χ0) is 22.7.